The average Bonchev–Trinajstić information content (AvgIpc) is 2.41. The summed E-state index contributed by atoms with van der Waals surface area (Å²) in [5.41, 5.74) is 3.44. The van der Waals surface area contributed by atoms with Crippen molar-refractivity contribution >= 4 is 0 Å². The van der Waals surface area contributed by atoms with Crippen LogP contribution in [0.1, 0.15) is 99.1 Å². The normalized spacial score (nSPS) is 11.4. The predicted molar refractivity (Wildman–Crippen MR) is 102 cm³/mol. The van der Waals surface area contributed by atoms with Gasteiger partial charge in [0, 0.05) is 0 Å². The van der Waals surface area contributed by atoms with E-state index in [2.05, 4.69) is 58.9 Å². The molecular weight excluding hydrogens is 252 g/mol. The Kier molecular flexibility index (Phi) is 15.5. The molecule has 0 spiro atoms. The molecule has 0 aromatic heterocycles. The molecule has 0 heterocycles. The predicted octanol–water partition coefficient (Wildman–Crippen LogP) is 8.00. The van der Waals surface area contributed by atoms with Gasteiger partial charge < -0.3 is 0 Å². The summed E-state index contributed by atoms with van der Waals surface area (Å²) in [6, 6.07) is 8.87. The maximum absolute atomic E-state index is 2.47. The Labute approximate surface area is 136 Å². The second-order valence-electron chi connectivity index (χ2n) is 5.73. The van der Waals surface area contributed by atoms with Gasteiger partial charge >= 0.3 is 0 Å². The summed E-state index contributed by atoms with van der Waals surface area (Å²) >= 11 is 0. The summed E-state index contributed by atoms with van der Waals surface area (Å²) < 4.78 is 0. The van der Waals surface area contributed by atoms with Crippen LogP contribution in [0.5, 0.6) is 0 Å². The van der Waals surface area contributed by atoms with Crippen LogP contribution in [0.15, 0.2) is 24.3 Å². The van der Waals surface area contributed by atoms with Crippen LogP contribution in [-0.2, 0) is 0 Å². The van der Waals surface area contributed by atoms with Crippen LogP contribution >= 0.6 is 0 Å². The molecule has 21 heavy (non-hydrogen) atoms. The van der Waals surface area contributed by atoms with E-state index in [4.69, 9.17) is 0 Å². The Morgan fingerprint density at radius 3 is 1.76 bits per heavy atom. The van der Waals surface area contributed by atoms with Gasteiger partial charge in [-0.2, -0.15) is 0 Å². The van der Waals surface area contributed by atoms with Crippen molar-refractivity contribution in [2.75, 3.05) is 0 Å². The molecule has 0 aliphatic carbocycles. The van der Waals surface area contributed by atoms with Gasteiger partial charge in [-0.1, -0.05) is 93.5 Å². The molecule has 1 atom stereocenters. The first-order valence-electron chi connectivity index (χ1n) is 8.10. The van der Waals surface area contributed by atoms with Gasteiger partial charge in [0.05, 0.1) is 0 Å². The number of benzene rings is 1. The minimum Gasteiger partial charge on any atom is -0.0776 e. The summed E-state index contributed by atoms with van der Waals surface area (Å²) in [6.45, 7) is 15.7. The highest BCUT2D eigenvalue weighted by atomic mass is 14.4. The van der Waals surface area contributed by atoms with Crippen LogP contribution in [0.4, 0.5) is 0 Å². The Morgan fingerprint density at radius 2 is 1.38 bits per heavy atom. The Morgan fingerprint density at radius 1 is 0.952 bits per heavy atom. The van der Waals surface area contributed by atoms with Gasteiger partial charge in [0.2, 0.25) is 0 Å². The van der Waals surface area contributed by atoms with Crippen LogP contribution < -0.4 is 0 Å². The van der Waals surface area contributed by atoms with Crippen molar-refractivity contribution < 1.29 is 0 Å². The summed E-state index contributed by atoms with van der Waals surface area (Å²) in [5, 5.41) is 0. The fraction of sp³-hybridized carbons (Fsp3) is 0.714. The number of hydrogen-bond donors (Lipinski definition) is 0. The quantitative estimate of drug-likeness (QED) is 0.498. The maximum Gasteiger partial charge on any atom is -0.0134 e. The number of hydrogen-bond acceptors (Lipinski definition) is 0. The SMILES string of the molecule is C.C.CC.CCCC(C)(CCC)[C@H](C)c1ccccc1C. The van der Waals surface area contributed by atoms with Crippen molar-refractivity contribution in [2.45, 2.75) is 94.9 Å². The van der Waals surface area contributed by atoms with Crippen LogP contribution in [0, 0.1) is 12.3 Å². The summed E-state index contributed by atoms with van der Waals surface area (Å²) in [4.78, 5) is 0. The third-order valence-corrected chi connectivity index (χ3v) is 4.34. The Hall–Kier alpha value is -0.780. The molecule has 1 aromatic carbocycles. The monoisotopic (exact) mass is 294 g/mol. The fourth-order valence-corrected chi connectivity index (χ4v) is 3.15. The lowest BCUT2D eigenvalue weighted by Gasteiger charge is -2.37. The molecule has 0 N–H and O–H groups in total. The van der Waals surface area contributed by atoms with Gasteiger partial charge in [-0.05, 0) is 42.2 Å². The van der Waals surface area contributed by atoms with E-state index in [0.717, 1.165) is 0 Å². The molecule has 1 aromatic rings. The highest BCUT2D eigenvalue weighted by molar-refractivity contribution is 5.30. The summed E-state index contributed by atoms with van der Waals surface area (Å²) in [7, 11) is 0. The topological polar surface area (TPSA) is 0 Å². The van der Waals surface area contributed by atoms with Crippen LogP contribution in [0.25, 0.3) is 0 Å². The van der Waals surface area contributed by atoms with Crippen molar-refractivity contribution in [3.63, 3.8) is 0 Å². The molecule has 0 radical (unpaired) electrons. The van der Waals surface area contributed by atoms with Gasteiger partial charge in [-0.3, -0.25) is 0 Å². The lowest BCUT2D eigenvalue weighted by Crippen LogP contribution is -2.24. The Bertz CT molecular complexity index is 332. The molecule has 0 saturated carbocycles. The lowest BCUT2D eigenvalue weighted by atomic mass is 9.68. The molecule has 0 bridgehead atoms. The van der Waals surface area contributed by atoms with Crippen LogP contribution in [0.2, 0.25) is 0 Å². The first kappa shape index (κ1) is 25.2. The molecule has 0 unspecified atom stereocenters. The second-order valence-corrected chi connectivity index (χ2v) is 5.73. The third-order valence-electron chi connectivity index (χ3n) is 4.34. The highest BCUT2D eigenvalue weighted by Gasteiger charge is 2.30. The minimum atomic E-state index is 0. The smallest absolute Gasteiger partial charge is 0.0134 e. The number of aryl methyl sites for hydroxylation is 1. The Balaban J connectivity index is -0.000000774. The van der Waals surface area contributed by atoms with Crippen molar-refractivity contribution in [2.24, 2.45) is 5.41 Å². The summed E-state index contributed by atoms with van der Waals surface area (Å²) in [6.07, 6.45) is 5.23. The van der Waals surface area contributed by atoms with E-state index >= 15 is 0 Å². The highest BCUT2D eigenvalue weighted by Crippen LogP contribution is 2.43. The molecule has 1 rings (SSSR count). The van der Waals surface area contributed by atoms with Crippen LogP contribution in [0.3, 0.4) is 0 Å². The second kappa shape index (κ2) is 12.9. The van der Waals surface area contributed by atoms with E-state index in [1.165, 1.54) is 36.8 Å². The minimum absolute atomic E-state index is 0. The largest absolute Gasteiger partial charge is 0.0776 e. The van der Waals surface area contributed by atoms with E-state index < -0.39 is 0 Å². The first-order valence-corrected chi connectivity index (χ1v) is 8.10. The molecule has 0 amide bonds. The molecule has 0 fully saturated rings. The zero-order valence-electron chi connectivity index (χ0n) is 14.2. The van der Waals surface area contributed by atoms with Gasteiger partial charge in [0.1, 0.15) is 0 Å². The molecule has 0 heteroatoms. The van der Waals surface area contributed by atoms with E-state index in [1.54, 1.807) is 0 Å². The number of rotatable bonds is 6. The van der Waals surface area contributed by atoms with Crippen molar-refractivity contribution in [1.29, 1.82) is 0 Å². The molecule has 0 aliphatic heterocycles. The van der Waals surface area contributed by atoms with E-state index in [-0.39, 0.29) is 14.9 Å². The van der Waals surface area contributed by atoms with E-state index in [1.807, 2.05) is 13.8 Å². The molecule has 0 saturated heterocycles. The lowest BCUT2D eigenvalue weighted by molar-refractivity contribution is 0.217. The molecule has 0 aliphatic rings. The van der Waals surface area contributed by atoms with Crippen molar-refractivity contribution in [3.8, 4) is 0 Å². The first-order chi connectivity index (χ1) is 9.05. The molecule has 126 valence electrons. The van der Waals surface area contributed by atoms with E-state index in [0.29, 0.717) is 11.3 Å². The van der Waals surface area contributed by atoms with Crippen molar-refractivity contribution in [1.82, 2.24) is 0 Å². The van der Waals surface area contributed by atoms with Gasteiger partial charge in [0.15, 0.2) is 0 Å². The molecular formula is C21H42. The maximum atomic E-state index is 2.47. The zero-order chi connectivity index (χ0) is 14.9. The van der Waals surface area contributed by atoms with Gasteiger partial charge in [0.25, 0.3) is 0 Å². The van der Waals surface area contributed by atoms with E-state index in [9.17, 15) is 0 Å². The zero-order valence-corrected chi connectivity index (χ0v) is 14.2. The molecule has 0 nitrogen and oxygen atoms in total. The fourth-order valence-electron chi connectivity index (χ4n) is 3.15. The third kappa shape index (κ3) is 7.16. The average molecular weight is 295 g/mol. The van der Waals surface area contributed by atoms with Gasteiger partial charge in [-0.15, -0.1) is 0 Å². The summed E-state index contributed by atoms with van der Waals surface area (Å²) in [5.74, 6) is 0.656. The van der Waals surface area contributed by atoms with Crippen LogP contribution in [-0.4, -0.2) is 0 Å². The van der Waals surface area contributed by atoms with Gasteiger partial charge in [-0.25, -0.2) is 0 Å². The standard InChI is InChI=1S/C17H28.C2H6.2CH4/c1-6-12-17(5,13-7-2)15(4)16-11-9-8-10-14(16)3;1-2;;/h8-11,15H,6-7,12-13H2,1-5H3;1-2H3;2*1H4/t15-;;;/m1.../s1. The van der Waals surface area contributed by atoms with Crippen molar-refractivity contribution in [3.05, 3.63) is 35.4 Å².